The minimum Gasteiger partial charge on any atom is -0.497 e. The summed E-state index contributed by atoms with van der Waals surface area (Å²) in [7, 11) is 3.28. The Hall–Kier alpha value is -4.15. The van der Waals surface area contributed by atoms with Crippen molar-refractivity contribution in [2.24, 2.45) is 0 Å². The summed E-state index contributed by atoms with van der Waals surface area (Å²) in [6.45, 7) is 6.37. The lowest BCUT2D eigenvalue weighted by Crippen LogP contribution is -2.35. The molecule has 0 radical (unpaired) electrons. The molecule has 40 heavy (non-hydrogen) atoms. The fraction of sp³-hybridized carbons (Fsp3) is 0.333. The van der Waals surface area contributed by atoms with Gasteiger partial charge in [-0.1, -0.05) is 24.3 Å². The van der Waals surface area contributed by atoms with E-state index in [1.165, 1.54) is 0 Å². The average molecular weight is 545 g/mol. The number of aryl methyl sites for hydroxylation is 1. The maximum absolute atomic E-state index is 15.3. The van der Waals surface area contributed by atoms with Crippen LogP contribution in [0, 0.1) is 12.9 Å². The number of hydrogen-bond acceptors (Lipinski definition) is 9. The molecule has 1 aliphatic rings. The number of halogens is 1. The van der Waals surface area contributed by atoms with Gasteiger partial charge in [-0.2, -0.15) is 14.4 Å². The monoisotopic (exact) mass is 544 g/mol. The third-order valence-corrected chi connectivity index (χ3v) is 6.72. The third-order valence-electron chi connectivity index (χ3n) is 6.72. The van der Waals surface area contributed by atoms with Crippen LogP contribution in [-0.2, 0) is 24.4 Å². The van der Waals surface area contributed by atoms with E-state index in [0.29, 0.717) is 50.3 Å². The fourth-order valence-electron chi connectivity index (χ4n) is 4.54. The molecule has 2 aromatic heterocycles. The second-order valence-electron chi connectivity index (χ2n) is 9.59. The number of benzene rings is 2. The lowest BCUT2D eigenvalue weighted by atomic mass is 10.1. The van der Waals surface area contributed by atoms with Crippen molar-refractivity contribution in [3.05, 3.63) is 89.3 Å². The number of nitrogens with zero attached hydrogens (tertiary/aromatic N) is 6. The minimum absolute atomic E-state index is 0.242. The standard InChI is InChI=1S/C30H33FN6O3/c1-21-32-29(27-13-8-24(34-28(27)31)20-36-14-16-40-17-15-36)35-30(33-21)37(18-22-4-9-25(38-2)10-5-22)19-23-6-11-26(39-3)12-7-23/h4-13H,14-20H2,1-3H3. The first-order valence-corrected chi connectivity index (χ1v) is 13.2. The zero-order valence-electron chi connectivity index (χ0n) is 23.0. The topological polar surface area (TPSA) is 85.7 Å². The van der Waals surface area contributed by atoms with Gasteiger partial charge in [0.15, 0.2) is 5.82 Å². The molecule has 1 fully saturated rings. The van der Waals surface area contributed by atoms with Crippen molar-refractivity contribution >= 4 is 5.95 Å². The molecule has 0 aliphatic carbocycles. The lowest BCUT2D eigenvalue weighted by Gasteiger charge is -2.26. The molecule has 5 rings (SSSR count). The molecular formula is C30H33FN6O3. The van der Waals surface area contributed by atoms with Gasteiger partial charge >= 0.3 is 0 Å². The van der Waals surface area contributed by atoms with E-state index in [1.54, 1.807) is 27.2 Å². The van der Waals surface area contributed by atoms with Crippen LogP contribution in [0.1, 0.15) is 22.6 Å². The number of aromatic nitrogens is 4. The van der Waals surface area contributed by atoms with Crippen LogP contribution in [0.4, 0.5) is 10.3 Å². The highest BCUT2D eigenvalue weighted by Gasteiger charge is 2.19. The van der Waals surface area contributed by atoms with Gasteiger partial charge in [-0.15, -0.1) is 0 Å². The molecule has 3 heterocycles. The van der Waals surface area contributed by atoms with Crippen LogP contribution < -0.4 is 14.4 Å². The fourth-order valence-corrected chi connectivity index (χ4v) is 4.54. The Morgan fingerprint density at radius 1 is 0.800 bits per heavy atom. The summed E-state index contributed by atoms with van der Waals surface area (Å²) in [6.07, 6.45) is 0. The number of pyridine rings is 1. The number of ether oxygens (including phenoxy) is 3. The molecule has 4 aromatic rings. The van der Waals surface area contributed by atoms with E-state index >= 15 is 4.39 Å². The van der Waals surface area contributed by atoms with Gasteiger partial charge in [-0.3, -0.25) is 4.90 Å². The molecule has 0 N–H and O–H groups in total. The van der Waals surface area contributed by atoms with Gasteiger partial charge in [0.25, 0.3) is 0 Å². The first kappa shape index (κ1) is 27.4. The second kappa shape index (κ2) is 12.8. The summed E-state index contributed by atoms with van der Waals surface area (Å²) in [5, 5.41) is 0. The van der Waals surface area contributed by atoms with Crippen molar-refractivity contribution in [1.82, 2.24) is 24.8 Å². The highest BCUT2D eigenvalue weighted by atomic mass is 19.1. The van der Waals surface area contributed by atoms with Crippen LogP contribution >= 0.6 is 0 Å². The molecule has 0 unspecified atom stereocenters. The maximum Gasteiger partial charge on any atom is 0.229 e. The Morgan fingerprint density at radius 3 is 1.95 bits per heavy atom. The molecular weight excluding hydrogens is 511 g/mol. The van der Waals surface area contributed by atoms with Crippen molar-refractivity contribution < 1.29 is 18.6 Å². The van der Waals surface area contributed by atoms with Crippen molar-refractivity contribution in [3.8, 4) is 22.9 Å². The third kappa shape index (κ3) is 6.88. The van der Waals surface area contributed by atoms with Gasteiger partial charge < -0.3 is 19.1 Å². The zero-order valence-corrected chi connectivity index (χ0v) is 23.0. The summed E-state index contributed by atoms with van der Waals surface area (Å²) in [5.41, 5.74) is 3.00. The molecule has 0 saturated carbocycles. The van der Waals surface area contributed by atoms with Crippen LogP contribution in [-0.4, -0.2) is 65.4 Å². The number of hydrogen-bond donors (Lipinski definition) is 0. The van der Waals surface area contributed by atoms with Gasteiger partial charge in [-0.25, -0.2) is 9.97 Å². The Labute approximate surface area is 233 Å². The van der Waals surface area contributed by atoms with E-state index in [9.17, 15) is 0 Å². The van der Waals surface area contributed by atoms with Crippen molar-refractivity contribution in [1.29, 1.82) is 0 Å². The normalized spacial score (nSPS) is 13.7. The molecule has 0 bridgehead atoms. The first-order chi connectivity index (χ1) is 19.5. The van der Waals surface area contributed by atoms with E-state index in [4.69, 9.17) is 19.2 Å². The summed E-state index contributed by atoms with van der Waals surface area (Å²) >= 11 is 0. The van der Waals surface area contributed by atoms with Crippen LogP contribution in [0.25, 0.3) is 11.4 Å². The molecule has 1 saturated heterocycles. The number of methoxy groups -OCH3 is 2. The summed E-state index contributed by atoms with van der Waals surface area (Å²) < 4.78 is 31.3. The highest BCUT2D eigenvalue weighted by Crippen LogP contribution is 2.24. The Balaban J connectivity index is 1.44. The van der Waals surface area contributed by atoms with E-state index < -0.39 is 5.95 Å². The number of rotatable bonds is 10. The number of anilines is 1. The Bertz CT molecular complexity index is 1360. The van der Waals surface area contributed by atoms with Gasteiger partial charge in [-0.05, 0) is 54.4 Å². The maximum atomic E-state index is 15.3. The molecule has 9 nitrogen and oxygen atoms in total. The summed E-state index contributed by atoms with van der Waals surface area (Å²) in [5.74, 6) is 2.16. The van der Waals surface area contributed by atoms with E-state index in [0.717, 1.165) is 35.7 Å². The number of morpholine rings is 1. The van der Waals surface area contributed by atoms with Gasteiger partial charge in [0.05, 0.1) is 38.7 Å². The molecule has 0 amide bonds. The summed E-state index contributed by atoms with van der Waals surface area (Å²) in [4.78, 5) is 22.3. The highest BCUT2D eigenvalue weighted by molar-refractivity contribution is 5.56. The molecule has 0 atom stereocenters. The second-order valence-corrected chi connectivity index (χ2v) is 9.59. The quantitative estimate of drug-likeness (QED) is 0.269. The molecule has 10 heteroatoms. The summed E-state index contributed by atoms with van der Waals surface area (Å²) in [6, 6.07) is 19.2. The van der Waals surface area contributed by atoms with Crippen molar-refractivity contribution in [2.75, 3.05) is 45.4 Å². The molecule has 1 aliphatic heterocycles. The van der Waals surface area contributed by atoms with Crippen LogP contribution in [0.3, 0.4) is 0 Å². The lowest BCUT2D eigenvalue weighted by molar-refractivity contribution is 0.0335. The largest absolute Gasteiger partial charge is 0.497 e. The van der Waals surface area contributed by atoms with E-state index in [1.807, 2.05) is 59.5 Å². The smallest absolute Gasteiger partial charge is 0.229 e. The van der Waals surface area contributed by atoms with E-state index in [2.05, 4.69) is 19.9 Å². The zero-order chi connectivity index (χ0) is 27.9. The predicted molar refractivity (Wildman–Crippen MR) is 150 cm³/mol. The van der Waals surface area contributed by atoms with Gasteiger partial charge in [0, 0.05) is 32.7 Å². The van der Waals surface area contributed by atoms with Crippen molar-refractivity contribution in [2.45, 2.75) is 26.6 Å². The Kier molecular flexibility index (Phi) is 8.78. The SMILES string of the molecule is COc1ccc(CN(Cc2ccc(OC)cc2)c2nc(C)nc(-c3ccc(CN4CCOCC4)nc3F)n2)cc1. The average Bonchev–Trinajstić information content (AvgIpc) is 2.98. The first-order valence-electron chi connectivity index (χ1n) is 13.2. The van der Waals surface area contributed by atoms with Crippen LogP contribution in [0.2, 0.25) is 0 Å². The Morgan fingerprint density at radius 2 is 1.40 bits per heavy atom. The van der Waals surface area contributed by atoms with E-state index in [-0.39, 0.29) is 11.4 Å². The molecule has 208 valence electrons. The van der Waals surface area contributed by atoms with Gasteiger partial charge in [0.1, 0.15) is 17.3 Å². The van der Waals surface area contributed by atoms with Gasteiger partial charge in [0.2, 0.25) is 11.9 Å². The van der Waals surface area contributed by atoms with Crippen LogP contribution in [0.15, 0.2) is 60.7 Å². The van der Waals surface area contributed by atoms with Crippen LogP contribution in [0.5, 0.6) is 11.5 Å². The predicted octanol–water partition coefficient (Wildman–Crippen LogP) is 4.44. The molecule has 2 aromatic carbocycles. The van der Waals surface area contributed by atoms with Crippen molar-refractivity contribution in [3.63, 3.8) is 0 Å². The minimum atomic E-state index is -0.598. The molecule has 0 spiro atoms.